The summed E-state index contributed by atoms with van der Waals surface area (Å²) < 4.78 is 5.87. The molecule has 2 N–H and O–H groups in total. The fraction of sp³-hybridized carbons (Fsp3) is 0.364. The number of hydrogen-bond donors (Lipinski definition) is 1. The SMILES string of the molecule is N#CC1CN(C(=O)c2cc(Br)cnc2N)CCO1. The van der Waals surface area contributed by atoms with E-state index >= 15 is 0 Å². The van der Waals surface area contributed by atoms with Gasteiger partial charge in [-0.25, -0.2) is 4.98 Å². The van der Waals surface area contributed by atoms with Gasteiger partial charge in [-0.15, -0.1) is 0 Å². The largest absolute Gasteiger partial charge is 0.383 e. The first-order valence-corrected chi connectivity index (χ1v) is 6.12. The number of halogens is 1. The zero-order valence-electron chi connectivity index (χ0n) is 9.47. The van der Waals surface area contributed by atoms with Gasteiger partial charge in [0.25, 0.3) is 5.91 Å². The summed E-state index contributed by atoms with van der Waals surface area (Å²) in [6.07, 6.45) is 0.952. The van der Waals surface area contributed by atoms with Gasteiger partial charge < -0.3 is 15.4 Å². The summed E-state index contributed by atoms with van der Waals surface area (Å²) in [5, 5.41) is 8.80. The Morgan fingerprint density at radius 3 is 3.22 bits per heavy atom. The van der Waals surface area contributed by atoms with Gasteiger partial charge in [-0.3, -0.25) is 4.79 Å². The highest BCUT2D eigenvalue weighted by molar-refractivity contribution is 9.10. The van der Waals surface area contributed by atoms with Crippen molar-refractivity contribution in [3.05, 3.63) is 22.3 Å². The van der Waals surface area contributed by atoms with Crippen LogP contribution in [0.2, 0.25) is 0 Å². The van der Waals surface area contributed by atoms with Gasteiger partial charge in [-0.2, -0.15) is 5.26 Å². The molecule has 1 aromatic heterocycles. The molecular formula is C11H11BrN4O2. The Labute approximate surface area is 112 Å². The van der Waals surface area contributed by atoms with Crippen LogP contribution in [0, 0.1) is 11.3 Å². The first-order chi connectivity index (χ1) is 8.61. The summed E-state index contributed by atoms with van der Waals surface area (Å²) in [7, 11) is 0. The molecule has 7 heteroatoms. The van der Waals surface area contributed by atoms with Crippen LogP contribution in [0.5, 0.6) is 0 Å². The normalized spacial score (nSPS) is 19.3. The average Bonchev–Trinajstić information content (AvgIpc) is 2.41. The summed E-state index contributed by atoms with van der Waals surface area (Å²) in [6.45, 7) is 1.05. The molecule has 0 saturated carbocycles. The molecule has 18 heavy (non-hydrogen) atoms. The second kappa shape index (κ2) is 5.33. The van der Waals surface area contributed by atoms with E-state index in [0.717, 1.165) is 0 Å². The summed E-state index contributed by atoms with van der Waals surface area (Å²) >= 11 is 3.25. The van der Waals surface area contributed by atoms with Gasteiger partial charge in [0.2, 0.25) is 0 Å². The topological polar surface area (TPSA) is 92.2 Å². The molecule has 94 valence electrons. The van der Waals surface area contributed by atoms with Crippen LogP contribution in [-0.2, 0) is 4.74 Å². The molecule has 1 aliphatic rings. The molecule has 1 amide bonds. The van der Waals surface area contributed by atoms with Crippen molar-refractivity contribution >= 4 is 27.7 Å². The summed E-state index contributed by atoms with van der Waals surface area (Å²) in [4.78, 5) is 17.7. The molecule has 2 rings (SSSR count). The van der Waals surface area contributed by atoms with Gasteiger partial charge in [0.15, 0.2) is 6.10 Å². The maximum atomic E-state index is 12.3. The lowest BCUT2D eigenvalue weighted by Crippen LogP contribution is -2.45. The lowest BCUT2D eigenvalue weighted by atomic mass is 10.2. The number of carbonyl (C=O) groups is 1. The molecule has 1 aliphatic heterocycles. The molecule has 1 fully saturated rings. The van der Waals surface area contributed by atoms with E-state index < -0.39 is 6.10 Å². The predicted molar refractivity (Wildman–Crippen MR) is 67.6 cm³/mol. The number of nitriles is 1. The van der Waals surface area contributed by atoms with Crippen LogP contribution in [-0.4, -0.2) is 41.6 Å². The number of aromatic nitrogens is 1. The average molecular weight is 311 g/mol. The number of amides is 1. The molecule has 0 aliphatic carbocycles. The van der Waals surface area contributed by atoms with Crippen LogP contribution in [0.15, 0.2) is 16.7 Å². The third-order valence-electron chi connectivity index (χ3n) is 2.61. The predicted octanol–water partition coefficient (Wildman–Crippen LogP) is 0.791. The molecule has 1 unspecified atom stereocenters. The lowest BCUT2D eigenvalue weighted by Gasteiger charge is -2.30. The van der Waals surface area contributed by atoms with Crippen LogP contribution in [0.25, 0.3) is 0 Å². The molecule has 1 atom stereocenters. The number of morpholine rings is 1. The summed E-state index contributed by atoms with van der Waals surface area (Å²) in [5.41, 5.74) is 6.02. The van der Waals surface area contributed by atoms with E-state index in [4.69, 9.17) is 15.7 Å². The number of nitrogen functional groups attached to an aromatic ring is 1. The molecular weight excluding hydrogens is 300 g/mol. The van der Waals surface area contributed by atoms with E-state index in [9.17, 15) is 4.79 Å². The minimum atomic E-state index is -0.580. The quantitative estimate of drug-likeness (QED) is 0.828. The molecule has 6 nitrogen and oxygen atoms in total. The number of ether oxygens (including phenoxy) is 1. The Morgan fingerprint density at radius 1 is 1.72 bits per heavy atom. The second-order valence-corrected chi connectivity index (χ2v) is 4.74. The maximum absolute atomic E-state index is 12.3. The van der Waals surface area contributed by atoms with Crippen molar-refractivity contribution in [2.75, 3.05) is 25.4 Å². The van der Waals surface area contributed by atoms with Gasteiger partial charge in [0.1, 0.15) is 5.82 Å². The van der Waals surface area contributed by atoms with E-state index in [1.165, 1.54) is 6.20 Å². The highest BCUT2D eigenvalue weighted by atomic mass is 79.9. The number of nitrogens with zero attached hydrogens (tertiary/aromatic N) is 3. The smallest absolute Gasteiger partial charge is 0.257 e. The van der Waals surface area contributed by atoms with E-state index in [1.807, 2.05) is 6.07 Å². The third kappa shape index (κ3) is 2.60. The molecule has 0 aromatic carbocycles. The Bertz CT molecular complexity index is 514. The first-order valence-electron chi connectivity index (χ1n) is 5.33. The van der Waals surface area contributed by atoms with Gasteiger partial charge in [0, 0.05) is 17.2 Å². The van der Waals surface area contributed by atoms with Crippen molar-refractivity contribution in [1.29, 1.82) is 5.26 Å². The number of carbonyl (C=O) groups excluding carboxylic acids is 1. The van der Waals surface area contributed by atoms with Gasteiger partial charge >= 0.3 is 0 Å². The fourth-order valence-corrected chi connectivity index (χ4v) is 2.03. The van der Waals surface area contributed by atoms with E-state index in [1.54, 1.807) is 11.0 Å². The van der Waals surface area contributed by atoms with Crippen molar-refractivity contribution in [3.8, 4) is 6.07 Å². The van der Waals surface area contributed by atoms with Crippen molar-refractivity contribution in [2.45, 2.75) is 6.10 Å². The van der Waals surface area contributed by atoms with Gasteiger partial charge in [0.05, 0.1) is 24.8 Å². The number of hydrogen-bond acceptors (Lipinski definition) is 5. The van der Waals surface area contributed by atoms with Crippen molar-refractivity contribution in [1.82, 2.24) is 9.88 Å². The Hall–Kier alpha value is -1.65. The monoisotopic (exact) mass is 310 g/mol. The highest BCUT2D eigenvalue weighted by Gasteiger charge is 2.26. The molecule has 0 radical (unpaired) electrons. The zero-order chi connectivity index (χ0) is 13.1. The van der Waals surface area contributed by atoms with Gasteiger partial charge in [-0.05, 0) is 22.0 Å². The zero-order valence-corrected chi connectivity index (χ0v) is 11.1. The summed E-state index contributed by atoms with van der Waals surface area (Å²) in [5.74, 6) is -0.0481. The lowest BCUT2D eigenvalue weighted by molar-refractivity contribution is 0.00349. The molecule has 0 bridgehead atoms. The number of anilines is 1. The molecule has 0 spiro atoms. The third-order valence-corrected chi connectivity index (χ3v) is 3.05. The Balaban J connectivity index is 2.21. The summed E-state index contributed by atoms with van der Waals surface area (Å²) in [6, 6.07) is 3.62. The van der Waals surface area contributed by atoms with E-state index in [2.05, 4.69) is 20.9 Å². The van der Waals surface area contributed by atoms with Crippen LogP contribution in [0.4, 0.5) is 5.82 Å². The fourth-order valence-electron chi connectivity index (χ4n) is 1.70. The number of nitrogens with two attached hydrogens (primary N) is 1. The molecule has 2 heterocycles. The Kier molecular flexibility index (Phi) is 3.79. The number of pyridine rings is 1. The van der Waals surface area contributed by atoms with E-state index in [-0.39, 0.29) is 18.3 Å². The Morgan fingerprint density at radius 2 is 2.50 bits per heavy atom. The first kappa shape index (κ1) is 12.8. The molecule has 1 saturated heterocycles. The highest BCUT2D eigenvalue weighted by Crippen LogP contribution is 2.18. The standard InChI is InChI=1S/C11H11BrN4O2/c12-7-3-9(10(14)15-5-7)11(17)16-1-2-18-8(4-13)6-16/h3,5,8H,1-2,6H2,(H2,14,15). The minimum Gasteiger partial charge on any atom is -0.383 e. The van der Waals surface area contributed by atoms with Crippen LogP contribution < -0.4 is 5.73 Å². The van der Waals surface area contributed by atoms with Crippen molar-refractivity contribution < 1.29 is 9.53 Å². The second-order valence-electron chi connectivity index (χ2n) is 3.83. The van der Waals surface area contributed by atoms with Crippen LogP contribution in [0.1, 0.15) is 10.4 Å². The van der Waals surface area contributed by atoms with Gasteiger partial charge in [-0.1, -0.05) is 0 Å². The van der Waals surface area contributed by atoms with Crippen molar-refractivity contribution in [2.24, 2.45) is 0 Å². The molecule has 1 aromatic rings. The van der Waals surface area contributed by atoms with Crippen LogP contribution in [0.3, 0.4) is 0 Å². The minimum absolute atomic E-state index is 0.184. The van der Waals surface area contributed by atoms with Crippen molar-refractivity contribution in [3.63, 3.8) is 0 Å². The maximum Gasteiger partial charge on any atom is 0.257 e. The van der Waals surface area contributed by atoms with E-state index in [0.29, 0.717) is 23.2 Å². The van der Waals surface area contributed by atoms with Crippen LogP contribution >= 0.6 is 15.9 Å². The number of rotatable bonds is 1.